The van der Waals surface area contributed by atoms with Crippen molar-refractivity contribution in [2.45, 2.75) is 52.1 Å². The summed E-state index contributed by atoms with van der Waals surface area (Å²) in [7, 11) is 1.80. The van der Waals surface area contributed by atoms with Gasteiger partial charge in [-0.25, -0.2) is 0 Å². The highest BCUT2D eigenvalue weighted by Crippen LogP contribution is 2.14. The second-order valence-corrected chi connectivity index (χ2v) is 6.58. The van der Waals surface area contributed by atoms with E-state index >= 15 is 0 Å². The van der Waals surface area contributed by atoms with Crippen LogP contribution >= 0.6 is 0 Å². The Morgan fingerprint density at radius 2 is 1.96 bits per heavy atom. The molecule has 0 radical (unpaired) electrons. The molecule has 3 rings (SSSR count). The molecule has 2 heterocycles. The summed E-state index contributed by atoms with van der Waals surface area (Å²) in [5.41, 5.74) is 2.52. The van der Waals surface area contributed by atoms with Crippen LogP contribution in [0.5, 0.6) is 0 Å². The maximum absolute atomic E-state index is 4.38. The van der Waals surface area contributed by atoms with Gasteiger partial charge in [-0.2, -0.15) is 0 Å². The average Bonchev–Trinajstić information content (AvgIpc) is 2.86. The smallest absolute Gasteiger partial charge is 0.191 e. The van der Waals surface area contributed by atoms with Crippen LogP contribution in [-0.4, -0.2) is 34.3 Å². The van der Waals surface area contributed by atoms with Crippen molar-refractivity contribution in [1.29, 1.82) is 0 Å². The molecule has 25 heavy (non-hydrogen) atoms. The first-order valence-corrected chi connectivity index (χ1v) is 9.17. The molecule has 1 aliphatic rings. The summed E-state index contributed by atoms with van der Waals surface area (Å²) >= 11 is 0. The number of guanidine groups is 1. The number of hydrogen-bond donors (Lipinski definition) is 2. The molecule has 0 unspecified atom stereocenters. The molecule has 1 aliphatic heterocycles. The Labute approximate surface area is 149 Å². The lowest BCUT2D eigenvalue weighted by molar-refractivity contribution is 0.600. The Kier molecular flexibility index (Phi) is 6.04. The van der Waals surface area contributed by atoms with Gasteiger partial charge in [0.15, 0.2) is 5.96 Å². The van der Waals surface area contributed by atoms with Crippen LogP contribution < -0.4 is 10.6 Å². The summed E-state index contributed by atoms with van der Waals surface area (Å²) in [5.74, 6) is 3.05. The van der Waals surface area contributed by atoms with E-state index in [9.17, 15) is 0 Å². The van der Waals surface area contributed by atoms with Crippen LogP contribution in [0, 0.1) is 6.92 Å². The minimum absolute atomic E-state index is 0.764. The molecule has 2 N–H and O–H groups in total. The molecule has 0 amide bonds. The Balaban J connectivity index is 1.47. The molecule has 0 saturated heterocycles. The monoisotopic (exact) mass is 340 g/mol. The fraction of sp³-hybridized carbons (Fsp3) is 0.526. The molecule has 0 spiro atoms. The first-order chi connectivity index (χ1) is 12.3. The summed E-state index contributed by atoms with van der Waals surface area (Å²) in [5, 5.41) is 15.5. The molecular weight excluding hydrogens is 312 g/mol. The minimum atomic E-state index is 0.764. The SMILES string of the molecule is CN=C(NCCc1nnc2n1CCCCC2)NCc1ccc(C)cc1. The van der Waals surface area contributed by atoms with E-state index in [0.29, 0.717) is 0 Å². The molecule has 6 heteroatoms. The van der Waals surface area contributed by atoms with Gasteiger partial charge < -0.3 is 15.2 Å². The van der Waals surface area contributed by atoms with Crippen LogP contribution in [0.25, 0.3) is 0 Å². The van der Waals surface area contributed by atoms with Crippen molar-refractivity contribution in [2.75, 3.05) is 13.6 Å². The van der Waals surface area contributed by atoms with Gasteiger partial charge in [0.25, 0.3) is 0 Å². The van der Waals surface area contributed by atoms with E-state index in [-0.39, 0.29) is 0 Å². The zero-order chi connectivity index (χ0) is 17.5. The standard InChI is InChI=1S/C19H28N6/c1-15-7-9-16(10-8-15)14-22-19(20-2)21-12-11-18-24-23-17-6-4-3-5-13-25(17)18/h7-10H,3-6,11-14H2,1-2H3,(H2,20,21,22). The number of rotatable bonds is 5. The van der Waals surface area contributed by atoms with Crippen LogP contribution in [0.3, 0.4) is 0 Å². The summed E-state index contributed by atoms with van der Waals surface area (Å²) in [6, 6.07) is 8.54. The van der Waals surface area contributed by atoms with Gasteiger partial charge in [0, 0.05) is 39.5 Å². The zero-order valence-corrected chi connectivity index (χ0v) is 15.3. The van der Waals surface area contributed by atoms with E-state index in [1.54, 1.807) is 7.05 Å². The van der Waals surface area contributed by atoms with Gasteiger partial charge >= 0.3 is 0 Å². The lowest BCUT2D eigenvalue weighted by Crippen LogP contribution is -2.38. The van der Waals surface area contributed by atoms with E-state index in [2.05, 4.69) is 61.6 Å². The van der Waals surface area contributed by atoms with Gasteiger partial charge in [0.1, 0.15) is 11.6 Å². The van der Waals surface area contributed by atoms with Crippen molar-refractivity contribution in [3.8, 4) is 0 Å². The third kappa shape index (κ3) is 4.81. The summed E-state index contributed by atoms with van der Waals surface area (Å²) < 4.78 is 2.30. The van der Waals surface area contributed by atoms with E-state index in [0.717, 1.165) is 50.1 Å². The molecule has 0 aliphatic carbocycles. The topological polar surface area (TPSA) is 67.1 Å². The molecule has 6 nitrogen and oxygen atoms in total. The number of nitrogens with zero attached hydrogens (tertiary/aromatic N) is 4. The van der Waals surface area contributed by atoms with E-state index in [1.165, 1.54) is 30.4 Å². The Hall–Kier alpha value is -2.37. The Morgan fingerprint density at radius 1 is 1.12 bits per heavy atom. The summed E-state index contributed by atoms with van der Waals surface area (Å²) in [6.45, 7) is 4.72. The van der Waals surface area contributed by atoms with Crippen molar-refractivity contribution in [3.05, 3.63) is 47.0 Å². The highest BCUT2D eigenvalue weighted by Gasteiger charge is 2.14. The van der Waals surface area contributed by atoms with Crippen LogP contribution in [-0.2, 0) is 25.9 Å². The quantitative estimate of drug-likeness (QED) is 0.647. The molecule has 0 saturated carbocycles. The predicted molar refractivity (Wildman–Crippen MR) is 101 cm³/mol. The number of aryl methyl sites for hydroxylation is 2. The number of aromatic nitrogens is 3. The fourth-order valence-corrected chi connectivity index (χ4v) is 3.14. The molecule has 2 aromatic rings. The van der Waals surface area contributed by atoms with Gasteiger partial charge in [-0.15, -0.1) is 10.2 Å². The summed E-state index contributed by atoms with van der Waals surface area (Å²) in [6.07, 6.45) is 5.66. The van der Waals surface area contributed by atoms with Gasteiger partial charge in [0.05, 0.1) is 0 Å². The second kappa shape index (κ2) is 8.65. The molecule has 1 aromatic heterocycles. The van der Waals surface area contributed by atoms with E-state index < -0.39 is 0 Å². The maximum Gasteiger partial charge on any atom is 0.191 e. The van der Waals surface area contributed by atoms with Crippen LogP contribution in [0.1, 0.15) is 42.0 Å². The Bertz CT molecular complexity index is 701. The van der Waals surface area contributed by atoms with E-state index in [4.69, 9.17) is 0 Å². The molecule has 134 valence electrons. The normalized spacial score (nSPS) is 14.7. The number of aliphatic imine (C=N–C) groups is 1. The van der Waals surface area contributed by atoms with Crippen molar-refractivity contribution in [2.24, 2.45) is 4.99 Å². The first-order valence-electron chi connectivity index (χ1n) is 9.17. The number of nitrogens with one attached hydrogen (secondary N) is 2. The minimum Gasteiger partial charge on any atom is -0.356 e. The van der Waals surface area contributed by atoms with Crippen LogP contribution in [0.2, 0.25) is 0 Å². The average molecular weight is 340 g/mol. The first kappa shape index (κ1) is 17.5. The van der Waals surface area contributed by atoms with E-state index in [1.807, 2.05) is 0 Å². The largest absolute Gasteiger partial charge is 0.356 e. The molecular formula is C19H28N6. The maximum atomic E-state index is 4.38. The fourth-order valence-electron chi connectivity index (χ4n) is 3.14. The molecule has 0 bridgehead atoms. The third-order valence-electron chi connectivity index (χ3n) is 4.63. The molecule has 0 atom stereocenters. The van der Waals surface area contributed by atoms with Crippen molar-refractivity contribution < 1.29 is 0 Å². The third-order valence-corrected chi connectivity index (χ3v) is 4.63. The highest BCUT2D eigenvalue weighted by molar-refractivity contribution is 5.79. The van der Waals surface area contributed by atoms with Crippen molar-refractivity contribution in [1.82, 2.24) is 25.4 Å². The van der Waals surface area contributed by atoms with Gasteiger partial charge in [0.2, 0.25) is 0 Å². The van der Waals surface area contributed by atoms with Gasteiger partial charge in [-0.1, -0.05) is 36.2 Å². The van der Waals surface area contributed by atoms with Crippen molar-refractivity contribution in [3.63, 3.8) is 0 Å². The lowest BCUT2D eigenvalue weighted by Gasteiger charge is -2.12. The van der Waals surface area contributed by atoms with Crippen LogP contribution in [0.4, 0.5) is 0 Å². The number of benzene rings is 1. The zero-order valence-electron chi connectivity index (χ0n) is 15.3. The predicted octanol–water partition coefficient (Wildman–Crippen LogP) is 2.22. The van der Waals surface area contributed by atoms with Gasteiger partial charge in [-0.05, 0) is 25.3 Å². The summed E-state index contributed by atoms with van der Waals surface area (Å²) in [4.78, 5) is 4.29. The van der Waals surface area contributed by atoms with Crippen LogP contribution in [0.15, 0.2) is 29.3 Å². The number of fused-ring (bicyclic) bond motifs is 1. The van der Waals surface area contributed by atoms with Gasteiger partial charge in [-0.3, -0.25) is 4.99 Å². The van der Waals surface area contributed by atoms with Crippen molar-refractivity contribution >= 4 is 5.96 Å². The highest BCUT2D eigenvalue weighted by atomic mass is 15.3. The molecule has 0 fully saturated rings. The number of hydrogen-bond acceptors (Lipinski definition) is 3. The lowest BCUT2D eigenvalue weighted by atomic mass is 10.1. The molecule has 1 aromatic carbocycles. The Morgan fingerprint density at radius 3 is 2.76 bits per heavy atom. The second-order valence-electron chi connectivity index (χ2n) is 6.58.